The van der Waals surface area contributed by atoms with E-state index < -0.39 is 17.2 Å². The van der Waals surface area contributed by atoms with E-state index in [1.807, 2.05) is 35.0 Å². The predicted molar refractivity (Wildman–Crippen MR) is 126 cm³/mol. The molecule has 1 heterocycles. The summed E-state index contributed by atoms with van der Waals surface area (Å²) < 4.78 is 39.2. The van der Waals surface area contributed by atoms with E-state index in [1.165, 1.54) is 6.07 Å². The lowest BCUT2D eigenvalue weighted by Gasteiger charge is -2.18. The summed E-state index contributed by atoms with van der Waals surface area (Å²) >= 11 is 1.55. The maximum Gasteiger partial charge on any atom is 0.416 e. The second-order valence-corrected chi connectivity index (χ2v) is 10.1. The Morgan fingerprint density at radius 3 is 2.47 bits per heavy atom. The first kappa shape index (κ1) is 22.8. The standard InChI is InChI=1S/C27H24F3NO2S/c28-27(29,30)21-3-1-2-17(12-21)13-23(32)15-19-14-20(4-7-24(19)18-8-11-34-16-18)26(9-10-26)25(33)31-22-5-6-22/h1-4,7-8,11-12,14,16,22H,5-6,9-10,13,15H2,(H,31,33). The highest BCUT2D eigenvalue weighted by atomic mass is 32.1. The number of hydrogen-bond donors (Lipinski definition) is 1. The average Bonchev–Trinajstić information content (AvgIpc) is 3.72. The Hall–Kier alpha value is -2.93. The van der Waals surface area contributed by atoms with Crippen LogP contribution in [0.3, 0.4) is 0 Å². The van der Waals surface area contributed by atoms with E-state index in [2.05, 4.69) is 5.32 Å². The summed E-state index contributed by atoms with van der Waals surface area (Å²) in [6.45, 7) is 0. The first-order valence-electron chi connectivity index (χ1n) is 11.4. The van der Waals surface area contributed by atoms with Gasteiger partial charge in [-0.1, -0.05) is 36.4 Å². The summed E-state index contributed by atoms with van der Waals surface area (Å²) in [5.74, 6) is -0.111. The zero-order valence-electron chi connectivity index (χ0n) is 18.5. The second kappa shape index (κ2) is 8.69. The van der Waals surface area contributed by atoms with Gasteiger partial charge in [-0.25, -0.2) is 0 Å². The number of carbonyl (C=O) groups excluding carboxylic acids is 2. The second-order valence-electron chi connectivity index (χ2n) is 9.30. The summed E-state index contributed by atoms with van der Waals surface area (Å²) in [6, 6.07) is 13.1. The number of ketones is 1. The largest absolute Gasteiger partial charge is 0.416 e. The normalized spacial score (nSPS) is 16.8. The Balaban J connectivity index is 1.41. The van der Waals surface area contributed by atoms with Crippen molar-refractivity contribution in [2.45, 2.75) is 56.2 Å². The van der Waals surface area contributed by atoms with E-state index in [9.17, 15) is 22.8 Å². The summed E-state index contributed by atoms with van der Waals surface area (Å²) in [5.41, 5.74) is 2.68. The highest BCUT2D eigenvalue weighted by Crippen LogP contribution is 2.49. The molecule has 3 nitrogen and oxygen atoms in total. The minimum Gasteiger partial charge on any atom is -0.353 e. The van der Waals surface area contributed by atoms with Gasteiger partial charge in [0.2, 0.25) is 5.91 Å². The van der Waals surface area contributed by atoms with Crippen molar-refractivity contribution in [2.24, 2.45) is 0 Å². The highest BCUT2D eigenvalue weighted by Gasteiger charge is 2.52. The Labute approximate surface area is 200 Å². The van der Waals surface area contributed by atoms with E-state index >= 15 is 0 Å². The summed E-state index contributed by atoms with van der Waals surface area (Å²) in [6.07, 6.45) is -0.830. The van der Waals surface area contributed by atoms with Gasteiger partial charge >= 0.3 is 6.18 Å². The number of carbonyl (C=O) groups is 2. The lowest BCUT2D eigenvalue weighted by Crippen LogP contribution is -2.36. The third-order valence-corrected chi connectivity index (χ3v) is 7.31. The SMILES string of the molecule is O=C(Cc1cccc(C(F)(F)F)c1)Cc1cc(C2(C(=O)NC3CC3)CC2)ccc1-c1ccsc1. The quantitative estimate of drug-likeness (QED) is 0.421. The topological polar surface area (TPSA) is 46.2 Å². The lowest BCUT2D eigenvalue weighted by molar-refractivity contribution is -0.137. The Kier molecular flexibility index (Phi) is 5.84. The molecule has 1 N–H and O–H groups in total. The van der Waals surface area contributed by atoms with Gasteiger partial charge in [-0.2, -0.15) is 24.5 Å². The first-order valence-corrected chi connectivity index (χ1v) is 12.3. The zero-order chi connectivity index (χ0) is 23.9. The van der Waals surface area contributed by atoms with Crippen LogP contribution in [-0.2, 0) is 34.0 Å². The fourth-order valence-electron chi connectivity index (χ4n) is 4.42. The predicted octanol–water partition coefficient (Wildman–Crippen LogP) is 6.10. The molecule has 1 amide bonds. The van der Waals surface area contributed by atoms with E-state index in [0.29, 0.717) is 5.56 Å². The number of alkyl halides is 3. The summed E-state index contributed by atoms with van der Waals surface area (Å²) in [4.78, 5) is 25.9. The van der Waals surface area contributed by atoms with Crippen molar-refractivity contribution in [3.63, 3.8) is 0 Å². The molecule has 0 spiro atoms. The Morgan fingerprint density at radius 2 is 1.82 bits per heavy atom. The minimum atomic E-state index is -4.45. The monoisotopic (exact) mass is 483 g/mol. The molecule has 0 saturated heterocycles. The van der Waals surface area contributed by atoms with Crippen LogP contribution in [0.2, 0.25) is 0 Å². The van der Waals surface area contributed by atoms with E-state index in [4.69, 9.17) is 0 Å². The molecule has 5 rings (SSSR count). The van der Waals surface area contributed by atoms with Crippen molar-refractivity contribution in [1.82, 2.24) is 5.32 Å². The number of halogens is 3. The van der Waals surface area contributed by atoms with Gasteiger partial charge in [0.15, 0.2) is 0 Å². The van der Waals surface area contributed by atoms with Gasteiger partial charge in [0.25, 0.3) is 0 Å². The Bertz CT molecular complexity index is 1220. The first-order chi connectivity index (χ1) is 16.2. The molecule has 34 heavy (non-hydrogen) atoms. The molecule has 0 atom stereocenters. The molecule has 0 bridgehead atoms. The van der Waals surface area contributed by atoms with Crippen LogP contribution >= 0.6 is 11.3 Å². The molecule has 1 aromatic heterocycles. The molecule has 2 aliphatic carbocycles. The number of rotatable bonds is 8. The molecule has 2 aliphatic rings. The molecule has 2 saturated carbocycles. The van der Waals surface area contributed by atoms with Gasteiger partial charge < -0.3 is 5.32 Å². The highest BCUT2D eigenvalue weighted by molar-refractivity contribution is 7.08. The molecule has 176 valence electrons. The van der Waals surface area contributed by atoms with Gasteiger partial charge in [0.1, 0.15) is 5.78 Å². The van der Waals surface area contributed by atoms with Gasteiger partial charge in [0.05, 0.1) is 11.0 Å². The number of benzene rings is 2. The molecule has 0 radical (unpaired) electrons. The lowest BCUT2D eigenvalue weighted by atomic mass is 9.88. The Morgan fingerprint density at radius 1 is 1.03 bits per heavy atom. The van der Waals surface area contributed by atoms with Crippen LogP contribution < -0.4 is 5.32 Å². The summed E-state index contributed by atoms with van der Waals surface area (Å²) in [5, 5.41) is 7.08. The van der Waals surface area contributed by atoms with Gasteiger partial charge in [-0.3, -0.25) is 9.59 Å². The smallest absolute Gasteiger partial charge is 0.353 e. The maximum absolute atomic E-state index is 13.1. The van der Waals surface area contributed by atoms with Crippen LogP contribution in [0.1, 0.15) is 47.9 Å². The van der Waals surface area contributed by atoms with Crippen molar-refractivity contribution in [2.75, 3.05) is 0 Å². The zero-order valence-corrected chi connectivity index (χ0v) is 19.3. The fraction of sp³-hybridized carbons (Fsp3) is 0.333. The van der Waals surface area contributed by atoms with Crippen molar-refractivity contribution in [3.05, 3.63) is 81.5 Å². The number of nitrogens with one attached hydrogen (secondary N) is 1. The number of Topliss-reactive ketones (excluding diaryl/α,β-unsaturated/α-hetero) is 1. The third-order valence-electron chi connectivity index (χ3n) is 6.63. The molecule has 0 aliphatic heterocycles. The van der Waals surface area contributed by atoms with Crippen LogP contribution in [0, 0.1) is 0 Å². The van der Waals surface area contributed by atoms with E-state index in [0.717, 1.165) is 60.1 Å². The molecule has 2 fully saturated rings. The van der Waals surface area contributed by atoms with E-state index in [-0.39, 0.29) is 30.6 Å². The molecular weight excluding hydrogens is 459 g/mol. The number of amides is 1. The van der Waals surface area contributed by atoms with Crippen LogP contribution in [0.4, 0.5) is 13.2 Å². The molecule has 2 aromatic carbocycles. The van der Waals surface area contributed by atoms with Crippen molar-refractivity contribution in [1.29, 1.82) is 0 Å². The van der Waals surface area contributed by atoms with Gasteiger partial charge in [-0.15, -0.1) is 0 Å². The van der Waals surface area contributed by atoms with E-state index in [1.54, 1.807) is 17.4 Å². The van der Waals surface area contributed by atoms with Crippen molar-refractivity contribution >= 4 is 23.0 Å². The van der Waals surface area contributed by atoms with Crippen LogP contribution in [0.5, 0.6) is 0 Å². The minimum absolute atomic E-state index is 0.0551. The van der Waals surface area contributed by atoms with Crippen molar-refractivity contribution in [3.8, 4) is 11.1 Å². The fourth-order valence-corrected chi connectivity index (χ4v) is 5.08. The third kappa shape index (κ3) is 4.80. The summed E-state index contributed by atoms with van der Waals surface area (Å²) in [7, 11) is 0. The molecule has 7 heteroatoms. The van der Waals surface area contributed by atoms with Crippen LogP contribution in [0.15, 0.2) is 59.3 Å². The van der Waals surface area contributed by atoms with Crippen LogP contribution in [0.25, 0.3) is 11.1 Å². The number of hydrogen-bond acceptors (Lipinski definition) is 3. The van der Waals surface area contributed by atoms with Crippen LogP contribution in [-0.4, -0.2) is 17.7 Å². The number of thiophene rings is 1. The molecule has 0 unspecified atom stereocenters. The average molecular weight is 484 g/mol. The molecular formula is C27H24F3NO2S. The molecule has 3 aromatic rings. The van der Waals surface area contributed by atoms with Gasteiger partial charge in [0, 0.05) is 18.9 Å². The maximum atomic E-state index is 13.1. The van der Waals surface area contributed by atoms with Crippen molar-refractivity contribution < 1.29 is 22.8 Å². The van der Waals surface area contributed by atoms with Gasteiger partial charge in [-0.05, 0) is 76.4 Å².